The highest BCUT2D eigenvalue weighted by atomic mass is 16.2. The second kappa shape index (κ2) is 6.48. The van der Waals surface area contributed by atoms with Crippen LogP contribution in [0.3, 0.4) is 0 Å². The molecule has 1 aromatic carbocycles. The van der Waals surface area contributed by atoms with E-state index in [-0.39, 0.29) is 11.5 Å². The van der Waals surface area contributed by atoms with Crippen LogP contribution in [0.5, 0.6) is 0 Å². The van der Waals surface area contributed by atoms with Gasteiger partial charge in [-0.25, -0.2) is 4.98 Å². The van der Waals surface area contributed by atoms with Crippen molar-refractivity contribution in [1.82, 2.24) is 19.0 Å². The number of carbonyl (C=O) groups is 1. The topological polar surface area (TPSA) is 60.1 Å². The minimum atomic E-state index is -0.154. The smallest absolute Gasteiger partial charge is 0.275 e. The fourth-order valence-electron chi connectivity index (χ4n) is 3.94. The molecule has 142 valence electrons. The molecule has 1 saturated carbocycles. The van der Waals surface area contributed by atoms with Crippen LogP contribution in [-0.2, 0) is 13.1 Å². The summed E-state index contributed by atoms with van der Waals surface area (Å²) >= 11 is 0. The summed E-state index contributed by atoms with van der Waals surface area (Å²) in [6.45, 7) is 3.50. The van der Waals surface area contributed by atoms with Crippen molar-refractivity contribution >= 4 is 5.91 Å². The third-order valence-electron chi connectivity index (χ3n) is 5.62. The first-order valence-corrected chi connectivity index (χ1v) is 9.73. The van der Waals surface area contributed by atoms with Gasteiger partial charge >= 0.3 is 0 Å². The maximum atomic E-state index is 13.0. The van der Waals surface area contributed by atoms with Crippen molar-refractivity contribution in [2.24, 2.45) is 0 Å². The van der Waals surface area contributed by atoms with Crippen molar-refractivity contribution in [2.75, 3.05) is 6.54 Å². The summed E-state index contributed by atoms with van der Waals surface area (Å²) in [5.41, 5.74) is 4.19. The van der Waals surface area contributed by atoms with Crippen LogP contribution in [0.2, 0.25) is 0 Å². The Bertz CT molecular complexity index is 1120. The Balaban J connectivity index is 1.42. The average molecular weight is 374 g/mol. The van der Waals surface area contributed by atoms with Crippen molar-refractivity contribution < 1.29 is 4.79 Å². The number of aryl methyl sites for hydroxylation is 1. The molecule has 0 atom stereocenters. The van der Waals surface area contributed by atoms with Gasteiger partial charge in [-0.15, -0.1) is 0 Å². The van der Waals surface area contributed by atoms with Gasteiger partial charge in [0.05, 0.1) is 12.0 Å². The predicted molar refractivity (Wildman–Crippen MR) is 106 cm³/mol. The number of aromatic nitrogens is 3. The van der Waals surface area contributed by atoms with Crippen molar-refractivity contribution in [3.8, 4) is 5.69 Å². The van der Waals surface area contributed by atoms with Gasteiger partial charge in [0.2, 0.25) is 0 Å². The minimum Gasteiger partial charge on any atom is -0.331 e. The molecular weight excluding hydrogens is 352 g/mol. The molecule has 5 rings (SSSR count). The van der Waals surface area contributed by atoms with E-state index < -0.39 is 0 Å². The standard InChI is InChI=1S/C22H22N4O2/c1-15-12-25(14-23-15)19-7-8-20-21(27)24(9-10-26(20)22(19)28)13-16-3-2-4-18(11-16)17-5-6-17/h2-4,7-8,11-12,14,17H,5-6,9-10,13H2,1H3. The summed E-state index contributed by atoms with van der Waals surface area (Å²) in [5, 5.41) is 0. The van der Waals surface area contributed by atoms with Gasteiger partial charge in [-0.1, -0.05) is 24.3 Å². The lowest BCUT2D eigenvalue weighted by Crippen LogP contribution is -2.44. The molecule has 0 radical (unpaired) electrons. The van der Waals surface area contributed by atoms with Crippen molar-refractivity contribution in [1.29, 1.82) is 0 Å². The van der Waals surface area contributed by atoms with Crippen LogP contribution < -0.4 is 5.56 Å². The predicted octanol–water partition coefficient (Wildman–Crippen LogP) is 2.88. The van der Waals surface area contributed by atoms with Crippen LogP contribution in [0.25, 0.3) is 5.69 Å². The molecule has 0 unspecified atom stereocenters. The van der Waals surface area contributed by atoms with Gasteiger partial charge in [0.15, 0.2) is 0 Å². The summed E-state index contributed by atoms with van der Waals surface area (Å²) in [7, 11) is 0. The Hall–Kier alpha value is -3.15. The van der Waals surface area contributed by atoms with E-state index in [2.05, 4.69) is 29.2 Å². The van der Waals surface area contributed by atoms with Gasteiger partial charge < -0.3 is 14.0 Å². The summed E-state index contributed by atoms with van der Waals surface area (Å²) in [4.78, 5) is 31.9. The van der Waals surface area contributed by atoms with E-state index >= 15 is 0 Å². The van der Waals surface area contributed by atoms with Crippen LogP contribution >= 0.6 is 0 Å². The number of nitrogens with zero attached hydrogens (tertiary/aromatic N) is 4. The molecule has 1 aliphatic carbocycles. The lowest BCUT2D eigenvalue weighted by molar-refractivity contribution is 0.0686. The highest BCUT2D eigenvalue weighted by molar-refractivity contribution is 5.93. The Labute approximate surface area is 163 Å². The molecule has 6 nitrogen and oxygen atoms in total. The lowest BCUT2D eigenvalue weighted by atomic mass is 10.1. The normalized spacial score (nSPS) is 16.3. The van der Waals surface area contributed by atoms with Crippen LogP contribution in [0.1, 0.15) is 46.1 Å². The van der Waals surface area contributed by atoms with Crippen molar-refractivity contribution in [3.05, 3.63) is 81.8 Å². The summed E-state index contributed by atoms with van der Waals surface area (Å²) in [6, 6.07) is 12.0. The van der Waals surface area contributed by atoms with Gasteiger partial charge in [-0.05, 0) is 48.9 Å². The number of hydrogen-bond donors (Lipinski definition) is 0. The van der Waals surface area contributed by atoms with Gasteiger partial charge in [0.1, 0.15) is 11.4 Å². The van der Waals surface area contributed by atoms with Crippen LogP contribution in [0.4, 0.5) is 0 Å². The quantitative estimate of drug-likeness (QED) is 0.706. The number of carbonyl (C=O) groups excluding carboxylic acids is 1. The SMILES string of the molecule is Cc1cn(-c2ccc3n(c2=O)CCN(Cc2cccc(C4CC4)c2)C3=O)cn1. The number of fused-ring (bicyclic) bond motifs is 1. The highest BCUT2D eigenvalue weighted by Crippen LogP contribution is 2.40. The molecule has 0 spiro atoms. The monoisotopic (exact) mass is 374 g/mol. The molecule has 2 aliphatic rings. The second-order valence-electron chi connectivity index (χ2n) is 7.73. The molecule has 3 heterocycles. The van der Waals surface area contributed by atoms with Crippen molar-refractivity contribution in [3.63, 3.8) is 0 Å². The number of rotatable bonds is 4. The molecule has 0 saturated heterocycles. The molecule has 1 aliphatic heterocycles. The molecular formula is C22H22N4O2. The molecule has 2 aromatic heterocycles. The molecule has 1 amide bonds. The summed E-state index contributed by atoms with van der Waals surface area (Å²) < 4.78 is 3.30. The Morgan fingerprint density at radius 1 is 1.11 bits per heavy atom. The van der Waals surface area contributed by atoms with E-state index in [1.807, 2.05) is 18.0 Å². The number of benzene rings is 1. The van der Waals surface area contributed by atoms with Gasteiger partial charge in [-0.2, -0.15) is 0 Å². The van der Waals surface area contributed by atoms with Gasteiger partial charge in [-0.3, -0.25) is 9.59 Å². The zero-order chi connectivity index (χ0) is 19.3. The maximum absolute atomic E-state index is 13.0. The Morgan fingerprint density at radius 2 is 1.96 bits per heavy atom. The second-order valence-corrected chi connectivity index (χ2v) is 7.73. The number of imidazole rings is 1. The first-order chi connectivity index (χ1) is 13.6. The number of amides is 1. The summed E-state index contributed by atoms with van der Waals surface area (Å²) in [6.07, 6.45) is 5.97. The van der Waals surface area contributed by atoms with E-state index in [1.54, 1.807) is 27.6 Å². The molecule has 28 heavy (non-hydrogen) atoms. The number of pyridine rings is 1. The maximum Gasteiger partial charge on any atom is 0.275 e. The third-order valence-corrected chi connectivity index (χ3v) is 5.62. The third kappa shape index (κ3) is 2.95. The van der Waals surface area contributed by atoms with E-state index in [9.17, 15) is 9.59 Å². The summed E-state index contributed by atoms with van der Waals surface area (Å²) in [5.74, 6) is 0.607. The van der Waals surface area contributed by atoms with E-state index in [0.29, 0.717) is 36.9 Å². The average Bonchev–Trinajstić information content (AvgIpc) is 3.46. The minimum absolute atomic E-state index is 0.0893. The number of hydrogen-bond acceptors (Lipinski definition) is 3. The lowest BCUT2D eigenvalue weighted by Gasteiger charge is -2.30. The van der Waals surface area contributed by atoms with E-state index in [1.165, 1.54) is 18.4 Å². The first kappa shape index (κ1) is 17.0. The molecule has 3 aromatic rings. The van der Waals surface area contributed by atoms with E-state index in [4.69, 9.17) is 0 Å². The highest BCUT2D eigenvalue weighted by Gasteiger charge is 2.27. The van der Waals surface area contributed by atoms with Gasteiger partial charge in [0.25, 0.3) is 11.5 Å². The van der Waals surface area contributed by atoms with Gasteiger partial charge in [0, 0.05) is 25.8 Å². The fourth-order valence-corrected chi connectivity index (χ4v) is 3.94. The zero-order valence-corrected chi connectivity index (χ0v) is 15.8. The molecule has 0 N–H and O–H groups in total. The van der Waals surface area contributed by atoms with E-state index in [0.717, 1.165) is 11.3 Å². The largest absolute Gasteiger partial charge is 0.331 e. The molecule has 1 fully saturated rings. The Kier molecular flexibility index (Phi) is 3.93. The molecule has 6 heteroatoms. The Morgan fingerprint density at radius 3 is 2.71 bits per heavy atom. The molecule has 0 bridgehead atoms. The van der Waals surface area contributed by atoms with Crippen molar-refractivity contribution in [2.45, 2.75) is 38.8 Å². The van der Waals surface area contributed by atoms with Crippen LogP contribution in [0.15, 0.2) is 53.7 Å². The van der Waals surface area contributed by atoms with Crippen LogP contribution in [0, 0.1) is 6.92 Å². The zero-order valence-electron chi connectivity index (χ0n) is 15.8. The fraction of sp³-hybridized carbons (Fsp3) is 0.318. The van der Waals surface area contributed by atoms with Crippen LogP contribution in [-0.4, -0.2) is 31.5 Å². The first-order valence-electron chi connectivity index (χ1n) is 9.73.